The lowest BCUT2D eigenvalue weighted by Crippen LogP contribution is -2.40. The molecule has 4 nitrogen and oxygen atoms in total. The monoisotopic (exact) mass is 198 g/mol. The number of hydrogen-bond acceptors (Lipinski definition) is 3. The quantitative estimate of drug-likeness (QED) is 0.636. The first-order chi connectivity index (χ1) is 6.52. The van der Waals surface area contributed by atoms with Crippen LogP contribution in [0.1, 0.15) is 20.3 Å². The van der Waals surface area contributed by atoms with Crippen molar-refractivity contribution >= 4 is 11.9 Å². The molecule has 0 spiro atoms. The van der Waals surface area contributed by atoms with E-state index >= 15 is 0 Å². The van der Waals surface area contributed by atoms with E-state index in [-0.39, 0.29) is 23.9 Å². The molecule has 2 aliphatic rings. The van der Waals surface area contributed by atoms with Crippen LogP contribution in [-0.2, 0) is 14.3 Å². The van der Waals surface area contributed by atoms with Crippen molar-refractivity contribution in [1.82, 2.24) is 0 Å². The molecule has 1 aliphatic carbocycles. The van der Waals surface area contributed by atoms with E-state index in [4.69, 9.17) is 9.84 Å². The van der Waals surface area contributed by atoms with Crippen LogP contribution >= 0.6 is 0 Å². The largest absolute Gasteiger partial charge is 0.481 e. The number of carbonyl (C=O) groups is 2. The van der Waals surface area contributed by atoms with Crippen molar-refractivity contribution < 1.29 is 19.4 Å². The van der Waals surface area contributed by atoms with Crippen LogP contribution in [0.3, 0.4) is 0 Å². The molecule has 1 saturated heterocycles. The first kappa shape index (κ1) is 9.49. The molecule has 1 unspecified atom stereocenters. The summed E-state index contributed by atoms with van der Waals surface area (Å²) in [5.74, 6) is -2.09. The number of carboxylic acid groups (broad SMARTS) is 1. The van der Waals surface area contributed by atoms with Crippen LogP contribution in [-0.4, -0.2) is 23.1 Å². The summed E-state index contributed by atoms with van der Waals surface area (Å²) < 4.78 is 5.15. The molecule has 0 aromatic rings. The molecule has 14 heavy (non-hydrogen) atoms. The van der Waals surface area contributed by atoms with Gasteiger partial charge in [0, 0.05) is 5.92 Å². The minimum atomic E-state index is -0.869. The Morgan fingerprint density at radius 1 is 1.50 bits per heavy atom. The first-order valence-corrected chi connectivity index (χ1v) is 4.95. The molecule has 2 fully saturated rings. The van der Waals surface area contributed by atoms with Crippen molar-refractivity contribution in [3.63, 3.8) is 0 Å². The highest BCUT2D eigenvalue weighted by Gasteiger charge is 2.54. The van der Waals surface area contributed by atoms with Gasteiger partial charge < -0.3 is 9.84 Å². The minimum absolute atomic E-state index is 0.0325. The van der Waals surface area contributed by atoms with Gasteiger partial charge in [-0.25, -0.2) is 0 Å². The zero-order chi connectivity index (χ0) is 10.5. The van der Waals surface area contributed by atoms with Gasteiger partial charge in [0.25, 0.3) is 0 Å². The van der Waals surface area contributed by atoms with Gasteiger partial charge in [-0.3, -0.25) is 9.59 Å². The number of aliphatic carboxylic acids is 1. The average molecular weight is 198 g/mol. The van der Waals surface area contributed by atoms with Crippen molar-refractivity contribution in [3.8, 4) is 0 Å². The highest BCUT2D eigenvalue weighted by molar-refractivity contribution is 5.83. The SMILES string of the molecule is CC1[C@H]2C(=O)O[C@@H]1C[C@@H](C)[C@@H]2C(=O)O. The molecule has 1 N–H and O–H groups in total. The fourth-order valence-corrected chi connectivity index (χ4v) is 2.78. The Bertz CT molecular complexity index is 286. The first-order valence-electron chi connectivity index (χ1n) is 4.95. The number of carbonyl (C=O) groups excluding carboxylic acids is 1. The van der Waals surface area contributed by atoms with E-state index in [9.17, 15) is 9.59 Å². The second kappa shape index (κ2) is 2.97. The number of rotatable bonds is 1. The number of ether oxygens (including phenoxy) is 1. The molecule has 5 atom stereocenters. The summed E-state index contributed by atoms with van der Waals surface area (Å²) in [4.78, 5) is 22.5. The van der Waals surface area contributed by atoms with E-state index in [0.29, 0.717) is 6.42 Å². The fraction of sp³-hybridized carbons (Fsp3) is 0.800. The van der Waals surface area contributed by atoms with E-state index in [0.717, 1.165) is 0 Å². The van der Waals surface area contributed by atoms with Gasteiger partial charge in [0.2, 0.25) is 0 Å². The lowest BCUT2D eigenvalue weighted by atomic mass is 9.68. The summed E-state index contributed by atoms with van der Waals surface area (Å²) in [5, 5.41) is 9.06. The second-order valence-electron chi connectivity index (χ2n) is 4.44. The van der Waals surface area contributed by atoms with Crippen molar-refractivity contribution in [2.45, 2.75) is 26.4 Å². The minimum Gasteiger partial charge on any atom is -0.481 e. The zero-order valence-corrected chi connectivity index (χ0v) is 8.27. The van der Waals surface area contributed by atoms with Crippen molar-refractivity contribution in [1.29, 1.82) is 0 Å². The van der Waals surface area contributed by atoms with E-state index in [1.807, 2.05) is 13.8 Å². The van der Waals surface area contributed by atoms with Crippen LogP contribution in [0.15, 0.2) is 0 Å². The Balaban J connectivity index is 2.32. The maximum absolute atomic E-state index is 11.4. The van der Waals surface area contributed by atoms with Crippen LogP contribution in [0, 0.1) is 23.7 Å². The summed E-state index contributed by atoms with van der Waals surface area (Å²) in [6.07, 6.45) is 0.624. The molecule has 1 aliphatic heterocycles. The molecule has 0 radical (unpaired) electrons. The van der Waals surface area contributed by atoms with E-state index in [1.165, 1.54) is 0 Å². The van der Waals surface area contributed by atoms with Crippen LogP contribution in [0.25, 0.3) is 0 Å². The smallest absolute Gasteiger partial charge is 0.310 e. The lowest BCUT2D eigenvalue weighted by Gasteiger charge is -2.32. The molecular weight excluding hydrogens is 184 g/mol. The van der Waals surface area contributed by atoms with E-state index in [2.05, 4.69) is 0 Å². The van der Waals surface area contributed by atoms with Gasteiger partial charge in [-0.2, -0.15) is 0 Å². The van der Waals surface area contributed by atoms with E-state index in [1.54, 1.807) is 0 Å². The molecular formula is C10H14O4. The van der Waals surface area contributed by atoms with Gasteiger partial charge in [-0.05, 0) is 12.3 Å². The van der Waals surface area contributed by atoms with Crippen LogP contribution in [0.5, 0.6) is 0 Å². The van der Waals surface area contributed by atoms with E-state index < -0.39 is 17.8 Å². The molecule has 1 heterocycles. The lowest BCUT2D eigenvalue weighted by molar-refractivity contribution is -0.152. The Kier molecular flexibility index (Phi) is 2.01. The maximum atomic E-state index is 11.4. The highest BCUT2D eigenvalue weighted by Crippen LogP contribution is 2.45. The summed E-state index contributed by atoms with van der Waals surface area (Å²) >= 11 is 0. The summed E-state index contributed by atoms with van der Waals surface area (Å²) in [6.45, 7) is 3.79. The van der Waals surface area contributed by atoms with Gasteiger partial charge in [0.05, 0.1) is 11.8 Å². The molecule has 2 bridgehead atoms. The topological polar surface area (TPSA) is 63.6 Å². The third-order valence-electron chi connectivity index (χ3n) is 3.58. The third kappa shape index (κ3) is 1.13. The fourth-order valence-electron chi connectivity index (χ4n) is 2.78. The molecule has 0 aromatic heterocycles. The van der Waals surface area contributed by atoms with Crippen LogP contribution in [0.2, 0.25) is 0 Å². The number of carboxylic acids is 1. The predicted octanol–water partition coefficient (Wildman–Crippen LogP) is 0.905. The Labute approximate surface area is 82.2 Å². The highest BCUT2D eigenvalue weighted by atomic mass is 16.6. The molecule has 0 aromatic carbocycles. The van der Waals surface area contributed by atoms with Gasteiger partial charge in [-0.1, -0.05) is 13.8 Å². The van der Waals surface area contributed by atoms with Crippen LogP contribution in [0.4, 0.5) is 0 Å². The number of esters is 1. The second-order valence-corrected chi connectivity index (χ2v) is 4.44. The predicted molar refractivity (Wildman–Crippen MR) is 47.4 cm³/mol. The maximum Gasteiger partial charge on any atom is 0.310 e. The van der Waals surface area contributed by atoms with Crippen molar-refractivity contribution in [3.05, 3.63) is 0 Å². The van der Waals surface area contributed by atoms with Gasteiger partial charge >= 0.3 is 11.9 Å². The third-order valence-corrected chi connectivity index (χ3v) is 3.58. The van der Waals surface area contributed by atoms with Gasteiger partial charge in [0.1, 0.15) is 6.10 Å². The zero-order valence-electron chi connectivity index (χ0n) is 8.27. The van der Waals surface area contributed by atoms with Crippen molar-refractivity contribution in [2.75, 3.05) is 0 Å². The summed E-state index contributed by atoms with van der Waals surface area (Å²) in [7, 11) is 0. The standard InChI is InChI=1S/C10H14O4/c1-4-3-6-5(2)8(10(13)14-6)7(4)9(11)12/h4-8H,3H2,1-2H3,(H,11,12)/t4-,5?,6-,7+,8-/m1/s1. The molecule has 0 amide bonds. The van der Waals surface area contributed by atoms with Gasteiger partial charge in [-0.15, -0.1) is 0 Å². The Hall–Kier alpha value is -1.06. The molecule has 2 rings (SSSR count). The Morgan fingerprint density at radius 2 is 2.14 bits per heavy atom. The number of hydrogen-bond donors (Lipinski definition) is 1. The molecule has 78 valence electrons. The average Bonchev–Trinajstić information content (AvgIpc) is 2.30. The molecule has 4 heteroatoms. The van der Waals surface area contributed by atoms with Crippen molar-refractivity contribution in [2.24, 2.45) is 23.7 Å². The normalized spacial score (nSPS) is 46.1. The Morgan fingerprint density at radius 3 is 2.71 bits per heavy atom. The number of fused-ring (bicyclic) bond motifs is 2. The molecule has 1 saturated carbocycles. The van der Waals surface area contributed by atoms with Crippen LogP contribution < -0.4 is 0 Å². The summed E-state index contributed by atoms with van der Waals surface area (Å²) in [6, 6.07) is 0. The van der Waals surface area contributed by atoms with Gasteiger partial charge in [0.15, 0.2) is 0 Å². The summed E-state index contributed by atoms with van der Waals surface area (Å²) in [5.41, 5.74) is 0.